The van der Waals surface area contributed by atoms with Crippen molar-refractivity contribution < 1.29 is 119 Å². The summed E-state index contributed by atoms with van der Waals surface area (Å²) < 4.78 is 77.9. The quantitative estimate of drug-likeness (QED) is 0.0922. The number of anilines is 2. The molecule has 44 heavy (non-hydrogen) atoms. The molecular weight excluding hydrogens is 646 g/mol. The number of aliphatic carboxylic acids is 2. The van der Waals surface area contributed by atoms with Crippen LogP contribution in [-0.4, -0.2) is 62.2 Å². The standard InChI is InChI=1S/C25H20N2O13S2.2Na/c28-23(29)11-39-21-9-17(41(33,34)35)7-13-5-15(1-3-19(13)21)26-25(32)27-16-2-4-20-14(6-16)8-18(42(36,37)38)10-22(20)40-12-24(30)31;;/h1-10H,11-12H2,(H,28,29)(H,30,31)(H2,26,27,32)(H,33,34,35)(H,36,37,38);;/q;2*+1/p-2. The summed E-state index contributed by atoms with van der Waals surface area (Å²) >= 11 is 0. The van der Waals surface area contributed by atoms with Crippen molar-refractivity contribution in [1.82, 2.24) is 0 Å². The fourth-order valence-corrected chi connectivity index (χ4v) is 4.93. The van der Waals surface area contributed by atoms with E-state index in [0.29, 0.717) is 0 Å². The van der Waals surface area contributed by atoms with Crippen LogP contribution in [0.3, 0.4) is 0 Å². The number of carboxylic acids is 2. The molecule has 0 aliphatic rings. The Morgan fingerprint density at radius 2 is 1.18 bits per heavy atom. The van der Waals surface area contributed by atoms with Gasteiger partial charge in [-0.15, -0.1) is 0 Å². The topological polar surface area (TPSA) is 249 Å². The summed E-state index contributed by atoms with van der Waals surface area (Å²) in [4.78, 5) is 33.1. The van der Waals surface area contributed by atoms with Crippen molar-refractivity contribution >= 4 is 71.1 Å². The number of rotatable bonds is 10. The normalized spacial score (nSPS) is 11.1. The van der Waals surface area contributed by atoms with Crippen LogP contribution in [0.2, 0.25) is 0 Å². The Morgan fingerprint density at radius 3 is 1.61 bits per heavy atom. The van der Waals surface area contributed by atoms with Gasteiger partial charge in [0.05, 0.1) is 15.8 Å². The monoisotopic (exact) mass is 664 g/mol. The van der Waals surface area contributed by atoms with E-state index in [1.807, 2.05) is 0 Å². The Kier molecular flexibility index (Phi) is 12.6. The van der Waals surface area contributed by atoms with Gasteiger partial charge in [-0.3, -0.25) is 4.55 Å². The van der Waals surface area contributed by atoms with Gasteiger partial charge in [0.25, 0.3) is 10.1 Å². The minimum atomic E-state index is -4.96. The maximum atomic E-state index is 12.7. The average Bonchev–Trinajstić information content (AvgIpc) is 2.88. The van der Waals surface area contributed by atoms with Gasteiger partial charge in [-0.1, -0.05) is 0 Å². The summed E-state index contributed by atoms with van der Waals surface area (Å²) in [6.45, 7) is -1.70. The van der Waals surface area contributed by atoms with Crippen LogP contribution in [0.15, 0.2) is 70.5 Å². The molecule has 0 aliphatic heterocycles. The Labute approximate surface area is 293 Å². The summed E-state index contributed by atoms with van der Waals surface area (Å²) in [5.41, 5.74) is 0.278. The molecule has 0 saturated carbocycles. The summed E-state index contributed by atoms with van der Waals surface area (Å²) in [7, 11) is -9.66. The molecule has 0 aromatic heterocycles. The molecule has 0 fully saturated rings. The van der Waals surface area contributed by atoms with E-state index < -0.39 is 61.2 Å². The third-order valence-corrected chi connectivity index (χ3v) is 7.22. The zero-order valence-electron chi connectivity index (χ0n) is 22.9. The van der Waals surface area contributed by atoms with Crippen LogP contribution in [0.4, 0.5) is 16.2 Å². The first-order valence-electron chi connectivity index (χ1n) is 11.4. The SMILES string of the molecule is O=C([O-])COc1cc(S(=O)(=O)[O-])cc2cc(NC(=O)Nc3ccc4c(OCC(=O)O)cc(S(=O)(=O)O)cc4c3)ccc12.[Na+].[Na+]. The first-order valence-corrected chi connectivity index (χ1v) is 14.3. The molecule has 0 unspecified atom stereocenters. The second-order valence-corrected chi connectivity index (χ2v) is 11.4. The second-order valence-electron chi connectivity index (χ2n) is 8.57. The first kappa shape index (κ1) is 37.2. The van der Waals surface area contributed by atoms with Gasteiger partial charge in [0, 0.05) is 28.2 Å². The molecule has 19 heteroatoms. The largest absolute Gasteiger partial charge is 1.00 e. The van der Waals surface area contributed by atoms with Crippen molar-refractivity contribution in [2.45, 2.75) is 9.79 Å². The number of hydrogen-bond acceptors (Lipinski definition) is 11. The molecule has 2 amide bonds. The number of carbonyl (C=O) groups is 3. The molecule has 0 bridgehead atoms. The van der Waals surface area contributed by atoms with Gasteiger partial charge in [0.1, 0.15) is 28.2 Å². The van der Waals surface area contributed by atoms with Crippen LogP contribution in [0.25, 0.3) is 21.5 Å². The van der Waals surface area contributed by atoms with Gasteiger partial charge in [0.2, 0.25) is 0 Å². The van der Waals surface area contributed by atoms with Crippen LogP contribution in [-0.2, 0) is 29.8 Å². The molecule has 4 N–H and O–H groups in total. The van der Waals surface area contributed by atoms with Crippen molar-refractivity contribution in [1.29, 1.82) is 0 Å². The van der Waals surface area contributed by atoms with Crippen molar-refractivity contribution in [3.8, 4) is 11.5 Å². The summed E-state index contributed by atoms with van der Waals surface area (Å²) in [6, 6.07) is 11.4. The number of amides is 2. The van der Waals surface area contributed by atoms with E-state index in [-0.39, 0.29) is 104 Å². The van der Waals surface area contributed by atoms with E-state index in [9.17, 15) is 45.4 Å². The van der Waals surface area contributed by atoms with Gasteiger partial charge in [0.15, 0.2) is 6.61 Å². The maximum Gasteiger partial charge on any atom is 1.00 e. The predicted molar refractivity (Wildman–Crippen MR) is 142 cm³/mol. The fraction of sp³-hybridized carbons (Fsp3) is 0.0800. The Bertz CT molecular complexity index is 1840. The number of urea groups is 1. The van der Waals surface area contributed by atoms with E-state index in [1.165, 1.54) is 36.4 Å². The van der Waals surface area contributed by atoms with Gasteiger partial charge >= 0.3 is 71.1 Å². The molecule has 0 radical (unpaired) electrons. The van der Waals surface area contributed by atoms with Crippen LogP contribution in [0.5, 0.6) is 11.5 Å². The molecule has 4 rings (SSSR count). The molecule has 15 nitrogen and oxygen atoms in total. The number of nitrogens with one attached hydrogen (secondary N) is 2. The first-order chi connectivity index (χ1) is 19.6. The fourth-order valence-electron chi connectivity index (χ4n) is 3.87. The van der Waals surface area contributed by atoms with Crippen molar-refractivity contribution in [3.05, 3.63) is 60.7 Å². The molecule has 0 spiro atoms. The van der Waals surface area contributed by atoms with E-state index in [0.717, 1.165) is 24.3 Å². The van der Waals surface area contributed by atoms with E-state index >= 15 is 0 Å². The molecular formula is C25H18N2Na2O13S2. The molecule has 0 heterocycles. The molecule has 4 aromatic carbocycles. The zero-order chi connectivity index (χ0) is 30.8. The second kappa shape index (κ2) is 14.9. The zero-order valence-corrected chi connectivity index (χ0v) is 28.5. The minimum absolute atomic E-state index is 0. The Morgan fingerprint density at radius 1 is 0.727 bits per heavy atom. The van der Waals surface area contributed by atoms with Gasteiger partial charge < -0.3 is 39.7 Å². The summed E-state index contributed by atoms with van der Waals surface area (Å²) in [5.74, 6) is -3.26. The van der Waals surface area contributed by atoms with Crippen molar-refractivity contribution in [2.75, 3.05) is 23.8 Å². The van der Waals surface area contributed by atoms with Crippen LogP contribution in [0, 0.1) is 0 Å². The summed E-state index contributed by atoms with van der Waals surface area (Å²) in [5, 5.41) is 25.5. The number of carboxylic acid groups (broad SMARTS) is 2. The van der Waals surface area contributed by atoms with Crippen molar-refractivity contribution in [2.24, 2.45) is 0 Å². The van der Waals surface area contributed by atoms with E-state index in [2.05, 4.69) is 10.6 Å². The molecule has 4 aromatic rings. The third kappa shape index (κ3) is 9.51. The predicted octanol–water partition coefficient (Wildman–Crippen LogP) is -4.61. The number of hydrogen-bond donors (Lipinski definition) is 4. The maximum absolute atomic E-state index is 12.7. The van der Waals surface area contributed by atoms with Crippen LogP contribution in [0.1, 0.15) is 0 Å². The number of carbonyl (C=O) groups excluding carboxylic acids is 2. The molecule has 220 valence electrons. The third-order valence-electron chi connectivity index (χ3n) is 5.58. The van der Waals surface area contributed by atoms with E-state index in [1.54, 1.807) is 0 Å². The minimum Gasteiger partial charge on any atom is -0.744 e. The summed E-state index contributed by atoms with van der Waals surface area (Å²) in [6.07, 6.45) is 0. The van der Waals surface area contributed by atoms with E-state index in [4.69, 9.17) is 14.6 Å². The Hall–Kier alpha value is -2.97. The number of fused-ring (bicyclic) bond motifs is 2. The Balaban J connectivity index is 0.00000337. The number of ether oxygens (including phenoxy) is 2. The van der Waals surface area contributed by atoms with Gasteiger partial charge in [-0.05, 0) is 65.4 Å². The molecule has 0 atom stereocenters. The van der Waals surface area contributed by atoms with Gasteiger partial charge in [-0.2, -0.15) is 8.42 Å². The van der Waals surface area contributed by atoms with Crippen molar-refractivity contribution in [3.63, 3.8) is 0 Å². The molecule has 0 saturated heterocycles. The average molecular weight is 665 g/mol. The molecule has 0 aliphatic carbocycles. The van der Waals surface area contributed by atoms with Crippen LogP contribution >= 0.6 is 0 Å². The smallest absolute Gasteiger partial charge is 0.744 e. The van der Waals surface area contributed by atoms with Crippen LogP contribution < -0.4 is 84.3 Å². The van der Waals surface area contributed by atoms with Gasteiger partial charge in [-0.25, -0.2) is 18.0 Å². The number of benzene rings is 4.